The zero-order valence-corrected chi connectivity index (χ0v) is 10.8. The van der Waals surface area contributed by atoms with Gasteiger partial charge in [-0.2, -0.15) is 0 Å². The minimum absolute atomic E-state index is 0.146. The summed E-state index contributed by atoms with van der Waals surface area (Å²) in [4.78, 5) is 0. The van der Waals surface area contributed by atoms with Crippen molar-refractivity contribution >= 4 is 0 Å². The molecule has 2 unspecified atom stereocenters. The van der Waals surface area contributed by atoms with Crippen molar-refractivity contribution in [3.8, 4) is 5.75 Å². The van der Waals surface area contributed by atoms with E-state index >= 15 is 0 Å². The quantitative estimate of drug-likeness (QED) is 0.874. The monoisotopic (exact) mass is 235 g/mol. The fourth-order valence-electron chi connectivity index (χ4n) is 2.52. The topological polar surface area (TPSA) is 44.5 Å². The standard InChI is InChI=1S/C14H21NO2/c1-10(2)17-14(9-15)11(3)8-16-13-7-5-4-6-12(13)14/h4-7,10-11H,8-9,15H2,1-3H3. The van der Waals surface area contributed by atoms with Gasteiger partial charge in [0.25, 0.3) is 0 Å². The van der Waals surface area contributed by atoms with Crippen LogP contribution in [0.4, 0.5) is 0 Å². The number of fused-ring (bicyclic) bond motifs is 1. The molecule has 0 aromatic heterocycles. The predicted octanol–water partition coefficient (Wildman–Crippen LogP) is 2.29. The molecule has 0 saturated heterocycles. The van der Waals surface area contributed by atoms with E-state index in [-0.39, 0.29) is 12.0 Å². The van der Waals surface area contributed by atoms with Crippen LogP contribution in [0.5, 0.6) is 5.75 Å². The van der Waals surface area contributed by atoms with Gasteiger partial charge in [0.05, 0.1) is 12.7 Å². The minimum Gasteiger partial charge on any atom is -0.493 e. The van der Waals surface area contributed by atoms with Crippen LogP contribution >= 0.6 is 0 Å². The van der Waals surface area contributed by atoms with E-state index in [9.17, 15) is 0 Å². The molecule has 1 aliphatic heterocycles. The number of nitrogens with two attached hydrogens (primary N) is 1. The average Bonchev–Trinajstić information content (AvgIpc) is 2.32. The van der Waals surface area contributed by atoms with E-state index in [0.29, 0.717) is 13.2 Å². The van der Waals surface area contributed by atoms with E-state index in [4.69, 9.17) is 15.2 Å². The summed E-state index contributed by atoms with van der Waals surface area (Å²) in [6.45, 7) is 7.35. The molecule has 0 radical (unpaired) electrons. The van der Waals surface area contributed by atoms with Crippen molar-refractivity contribution in [2.24, 2.45) is 11.7 Å². The smallest absolute Gasteiger partial charge is 0.125 e. The Morgan fingerprint density at radius 3 is 2.82 bits per heavy atom. The first-order chi connectivity index (χ1) is 8.10. The molecule has 2 N–H and O–H groups in total. The average molecular weight is 235 g/mol. The highest BCUT2D eigenvalue weighted by Crippen LogP contribution is 2.43. The molecule has 1 heterocycles. The lowest BCUT2D eigenvalue weighted by atomic mass is 9.80. The molecular weight excluding hydrogens is 214 g/mol. The number of ether oxygens (including phenoxy) is 2. The molecule has 2 rings (SSSR count). The molecule has 0 aliphatic carbocycles. The van der Waals surface area contributed by atoms with Crippen LogP contribution in [0.3, 0.4) is 0 Å². The van der Waals surface area contributed by atoms with Gasteiger partial charge < -0.3 is 15.2 Å². The van der Waals surface area contributed by atoms with Crippen LogP contribution in [0.15, 0.2) is 24.3 Å². The number of hydrogen-bond acceptors (Lipinski definition) is 3. The van der Waals surface area contributed by atoms with Gasteiger partial charge in [0.15, 0.2) is 0 Å². The molecule has 1 aromatic rings. The highest BCUT2D eigenvalue weighted by Gasteiger charge is 2.44. The van der Waals surface area contributed by atoms with E-state index in [0.717, 1.165) is 11.3 Å². The second-order valence-electron chi connectivity index (χ2n) is 4.97. The maximum atomic E-state index is 6.16. The van der Waals surface area contributed by atoms with Crippen molar-refractivity contribution in [3.63, 3.8) is 0 Å². The Bertz CT molecular complexity index is 392. The third-order valence-corrected chi connectivity index (χ3v) is 3.38. The van der Waals surface area contributed by atoms with Gasteiger partial charge in [-0.3, -0.25) is 0 Å². The first kappa shape index (κ1) is 12.4. The van der Waals surface area contributed by atoms with E-state index in [1.807, 2.05) is 32.0 Å². The van der Waals surface area contributed by atoms with Crippen LogP contribution in [0.25, 0.3) is 0 Å². The summed E-state index contributed by atoms with van der Waals surface area (Å²) in [6.07, 6.45) is 0.146. The summed E-state index contributed by atoms with van der Waals surface area (Å²) < 4.78 is 11.9. The van der Waals surface area contributed by atoms with Crippen LogP contribution in [0.2, 0.25) is 0 Å². The molecule has 1 aromatic carbocycles. The van der Waals surface area contributed by atoms with Crippen molar-refractivity contribution in [1.29, 1.82) is 0 Å². The summed E-state index contributed by atoms with van der Waals surface area (Å²) in [5.41, 5.74) is 6.68. The minimum atomic E-state index is -0.414. The Kier molecular flexibility index (Phi) is 3.40. The van der Waals surface area contributed by atoms with E-state index in [2.05, 4.69) is 13.0 Å². The highest BCUT2D eigenvalue weighted by atomic mass is 16.5. The van der Waals surface area contributed by atoms with Crippen LogP contribution in [-0.4, -0.2) is 19.3 Å². The summed E-state index contributed by atoms with van der Waals surface area (Å²) >= 11 is 0. The first-order valence-electron chi connectivity index (χ1n) is 6.20. The number of benzene rings is 1. The van der Waals surface area contributed by atoms with Crippen LogP contribution in [-0.2, 0) is 10.3 Å². The Balaban J connectivity index is 2.48. The fraction of sp³-hybridized carbons (Fsp3) is 0.571. The van der Waals surface area contributed by atoms with Gasteiger partial charge in [-0.25, -0.2) is 0 Å². The van der Waals surface area contributed by atoms with E-state index in [1.165, 1.54) is 0 Å². The SMILES string of the molecule is CC(C)OC1(CN)c2ccccc2OCC1C. The van der Waals surface area contributed by atoms with Crippen LogP contribution < -0.4 is 10.5 Å². The Morgan fingerprint density at radius 2 is 2.18 bits per heavy atom. The Labute approximate surface area is 103 Å². The molecule has 3 heteroatoms. The number of para-hydroxylation sites is 1. The molecule has 1 aliphatic rings. The lowest BCUT2D eigenvalue weighted by Gasteiger charge is -2.43. The predicted molar refractivity (Wildman–Crippen MR) is 68.1 cm³/mol. The van der Waals surface area contributed by atoms with Gasteiger partial charge in [-0.15, -0.1) is 0 Å². The summed E-state index contributed by atoms with van der Waals surface area (Å²) in [5, 5.41) is 0. The van der Waals surface area contributed by atoms with Gasteiger partial charge in [-0.1, -0.05) is 25.1 Å². The Morgan fingerprint density at radius 1 is 1.47 bits per heavy atom. The second-order valence-corrected chi connectivity index (χ2v) is 4.97. The Hall–Kier alpha value is -1.06. The second kappa shape index (κ2) is 4.67. The van der Waals surface area contributed by atoms with Crippen molar-refractivity contribution in [3.05, 3.63) is 29.8 Å². The molecule has 17 heavy (non-hydrogen) atoms. The zero-order valence-electron chi connectivity index (χ0n) is 10.8. The fourth-order valence-corrected chi connectivity index (χ4v) is 2.52. The normalized spacial score (nSPS) is 27.7. The van der Waals surface area contributed by atoms with Gasteiger partial charge in [0.1, 0.15) is 11.4 Å². The molecule has 0 bridgehead atoms. The highest BCUT2D eigenvalue weighted by molar-refractivity contribution is 5.40. The molecule has 0 amide bonds. The molecule has 0 saturated carbocycles. The number of rotatable bonds is 3. The third kappa shape index (κ3) is 2.05. The molecule has 0 fully saturated rings. The van der Waals surface area contributed by atoms with Gasteiger partial charge in [0, 0.05) is 18.0 Å². The number of hydrogen-bond donors (Lipinski definition) is 1. The van der Waals surface area contributed by atoms with E-state index in [1.54, 1.807) is 0 Å². The maximum Gasteiger partial charge on any atom is 0.125 e. The van der Waals surface area contributed by atoms with Crippen molar-refractivity contribution in [2.75, 3.05) is 13.2 Å². The van der Waals surface area contributed by atoms with Gasteiger partial charge in [-0.05, 0) is 19.9 Å². The van der Waals surface area contributed by atoms with Crippen molar-refractivity contribution in [1.82, 2.24) is 0 Å². The maximum absolute atomic E-state index is 6.16. The lowest BCUT2D eigenvalue weighted by molar-refractivity contribution is -0.131. The van der Waals surface area contributed by atoms with Gasteiger partial charge >= 0.3 is 0 Å². The molecule has 2 atom stereocenters. The molecular formula is C14H21NO2. The molecule has 3 nitrogen and oxygen atoms in total. The van der Waals surface area contributed by atoms with Gasteiger partial charge in [0.2, 0.25) is 0 Å². The van der Waals surface area contributed by atoms with E-state index < -0.39 is 5.60 Å². The van der Waals surface area contributed by atoms with Crippen LogP contribution in [0, 0.1) is 5.92 Å². The first-order valence-corrected chi connectivity index (χ1v) is 6.20. The summed E-state index contributed by atoms with van der Waals surface area (Å²) in [5.74, 6) is 1.15. The largest absolute Gasteiger partial charge is 0.493 e. The van der Waals surface area contributed by atoms with Crippen molar-refractivity contribution < 1.29 is 9.47 Å². The third-order valence-electron chi connectivity index (χ3n) is 3.38. The molecule has 0 spiro atoms. The van der Waals surface area contributed by atoms with Crippen molar-refractivity contribution in [2.45, 2.75) is 32.5 Å². The molecule has 94 valence electrons. The zero-order chi connectivity index (χ0) is 12.5. The summed E-state index contributed by atoms with van der Waals surface area (Å²) in [7, 11) is 0. The summed E-state index contributed by atoms with van der Waals surface area (Å²) in [6, 6.07) is 8.02. The van der Waals surface area contributed by atoms with Crippen LogP contribution in [0.1, 0.15) is 26.3 Å². The lowest BCUT2D eigenvalue weighted by Crippen LogP contribution is -2.49.